The van der Waals surface area contributed by atoms with Crippen molar-refractivity contribution in [2.45, 2.75) is 19.3 Å². The minimum atomic E-state index is -0.0550. The second-order valence-electron chi connectivity index (χ2n) is 3.50. The van der Waals surface area contributed by atoms with Crippen LogP contribution in [0, 0.1) is 11.3 Å². The Balaban J connectivity index is 2.64. The van der Waals surface area contributed by atoms with Crippen molar-refractivity contribution in [3.8, 4) is 6.07 Å². The Labute approximate surface area is 117 Å². The van der Waals surface area contributed by atoms with Crippen molar-refractivity contribution < 1.29 is 4.79 Å². The zero-order valence-corrected chi connectivity index (χ0v) is 12.3. The highest BCUT2D eigenvalue weighted by Gasteiger charge is 2.07. The maximum Gasteiger partial charge on any atom is 0.224 e. The van der Waals surface area contributed by atoms with Crippen molar-refractivity contribution >= 4 is 43.5 Å². The molecule has 0 heterocycles. The van der Waals surface area contributed by atoms with Crippen LogP contribution in [0.4, 0.5) is 5.69 Å². The molecule has 0 radical (unpaired) electrons. The van der Waals surface area contributed by atoms with Crippen LogP contribution in [0.15, 0.2) is 22.7 Å². The van der Waals surface area contributed by atoms with E-state index in [0.29, 0.717) is 17.7 Å². The van der Waals surface area contributed by atoms with Gasteiger partial charge in [-0.2, -0.15) is 5.26 Å². The number of amides is 1. The number of nitrogens with zero attached hydrogens (tertiary/aromatic N) is 1. The Kier molecular flexibility index (Phi) is 6.23. The molecule has 1 rings (SSSR count). The quantitative estimate of drug-likeness (QED) is 0.641. The number of alkyl halides is 1. The third-order valence-electron chi connectivity index (χ3n) is 2.16. The minimum Gasteiger partial charge on any atom is -0.325 e. The Morgan fingerprint density at radius 2 is 2.18 bits per heavy atom. The Hall–Kier alpha value is -0.860. The van der Waals surface area contributed by atoms with Gasteiger partial charge in [0.1, 0.15) is 6.07 Å². The minimum absolute atomic E-state index is 0.0550. The summed E-state index contributed by atoms with van der Waals surface area (Å²) >= 11 is 6.63. The van der Waals surface area contributed by atoms with Crippen molar-refractivity contribution in [1.82, 2.24) is 0 Å². The molecule has 0 unspecified atom stereocenters. The number of nitrogens with one attached hydrogen (secondary N) is 1. The number of hydrogen-bond donors (Lipinski definition) is 1. The van der Waals surface area contributed by atoms with E-state index in [1.807, 2.05) is 0 Å². The number of rotatable bonds is 5. The molecular weight excluding hydrogens is 348 g/mol. The summed E-state index contributed by atoms with van der Waals surface area (Å²) < 4.78 is 0.840. The highest BCUT2D eigenvalue weighted by Crippen LogP contribution is 2.21. The number of anilines is 1. The lowest BCUT2D eigenvalue weighted by atomic mass is 10.2. The molecule has 1 aromatic rings. The number of carbonyl (C=O) groups is 1. The van der Waals surface area contributed by atoms with Crippen molar-refractivity contribution in [3.05, 3.63) is 28.2 Å². The zero-order valence-electron chi connectivity index (χ0n) is 9.17. The van der Waals surface area contributed by atoms with Crippen molar-refractivity contribution in [2.24, 2.45) is 0 Å². The molecule has 5 heteroatoms. The number of nitriles is 1. The van der Waals surface area contributed by atoms with Crippen LogP contribution in [0.1, 0.15) is 24.8 Å². The van der Waals surface area contributed by atoms with E-state index < -0.39 is 0 Å². The van der Waals surface area contributed by atoms with E-state index in [4.69, 9.17) is 5.26 Å². The van der Waals surface area contributed by atoms with Gasteiger partial charge in [-0.1, -0.05) is 31.9 Å². The zero-order chi connectivity index (χ0) is 12.7. The summed E-state index contributed by atoms with van der Waals surface area (Å²) in [5.74, 6) is -0.0550. The molecule has 17 heavy (non-hydrogen) atoms. The van der Waals surface area contributed by atoms with Crippen LogP contribution < -0.4 is 5.32 Å². The molecule has 0 aromatic heterocycles. The van der Waals surface area contributed by atoms with Gasteiger partial charge in [0.15, 0.2) is 0 Å². The molecule has 0 aliphatic heterocycles. The van der Waals surface area contributed by atoms with E-state index in [9.17, 15) is 4.79 Å². The molecule has 0 aliphatic carbocycles. The maximum atomic E-state index is 11.6. The first-order chi connectivity index (χ1) is 8.17. The highest BCUT2D eigenvalue weighted by molar-refractivity contribution is 9.10. The smallest absolute Gasteiger partial charge is 0.224 e. The van der Waals surface area contributed by atoms with Crippen molar-refractivity contribution in [3.63, 3.8) is 0 Å². The second-order valence-corrected chi connectivity index (χ2v) is 5.20. The lowest BCUT2D eigenvalue weighted by Gasteiger charge is -2.07. The number of carbonyl (C=O) groups excluding carboxylic acids is 1. The number of unbranched alkanes of at least 4 members (excludes halogenated alkanes) is 1. The predicted octanol–water partition coefficient (Wildman–Crippen LogP) is 3.82. The summed E-state index contributed by atoms with van der Waals surface area (Å²) in [7, 11) is 0. The van der Waals surface area contributed by atoms with E-state index in [0.717, 1.165) is 22.6 Å². The largest absolute Gasteiger partial charge is 0.325 e. The van der Waals surface area contributed by atoms with Gasteiger partial charge in [-0.15, -0.1) is 0 Å². The van der Waals surface area contributed by atoms with Crippen LogP contribution in [0.25, 0.3) is 0 Å². The van der Waals surface area contributed by atoms with Crippen LogP contribution in [-0.2, 0) is 4.79 Å². The fourth-order valence-corrected chi connectivity index (χ4v) is 2.07. The third kappa shape index (κ3) is 4.88. The van der Waals surface area contributed by atoms with Gasteiger partial charge in [-0.3, -0.25) is 4.79 Å². The van der Waals surface area contributed by atoms with Crippen LogP contribution in [-0.4, -0.2) is 11.2 Å². The van der Waals surface area contributed by atoms with E-state index in [1.54, 1.807) is 18.2 Å². The molecule has 0 spiro atoms. The van der Waals surface area contributed by atoms with Gasteiger partial charge >= 0.3 is 0 Å². The summed E-state index contributed by atoms with van der Waals surface area (Å²) in [6.07, 6.45) is 2.28. The molecule has 0 saturated carbocycles. The van der Waals surface area contributed by atoms with E-state index in [-0.39, 0.29) is 5.91 Å². The lowest BCUT2D eigenvalue weighted by Crippen LogP contribution is -2.12. The first-order valence-corrected chi connectivity index (χ1v) is 7.14. The molecule has 1 aromatic carbocycles. The molecular formula is C12H12Br2N2O. The van der Waals surface area contributed by atoms with Gasteiger partial charge in [0.2, 0.25) is 5.91 Å². The van der Waals surface area contributed by atoms with Gasteiger partial charge in [-0.05, 0) is 31.0 Å². The van der Waals surface area contributed by atoms with Gasteiger partial charge in [-0.25, -0.2) is 0 Å². The molecule has 3 nitrogen and oxygen atoms in total. The van der Waals surface area contributed by atoms with Gasteiger partial charge in [0.25, 0.3) is 0 Å². The molecule has 0 bridgehead atoms. The SMILES string of the molecule is N#Cc1ccc(Br)cc1NC(=O)CCCCBr. The number of benzene rings is 1. The fourth-order valence-electron chi connectivity index (χ4n) is 1.31. The summed E-state index contributed by atoms with van der Waals surface area (Å²) in [5.41, 5.74) is 1.03. The topological polar surface area (TPSA) is 52.9 Å². The van der Waals surface area contributed by atoms with Crippen LogP contribution in [0.3, 0.4) is 0 Å². The summed E-state index contributed by atoms with van der Waals surface area (Å²) in [6, 6.07) is 7.24. The van der Waals surface area contributed by atoms with Crippen LogP contribution >= 0.6 is 31.9 Å². The van der Waals surface area contributed by atoms with Crippen molar-refractivity contribution in [1.29, 1.82) is 5.26 Å². The second kappa shape index (κ2) is 7.46. The summed E-state index contributed by atoms with van der Waals surface area (Å²) in [6.45, 7) is 0. The Morgan fingerprint density at radius 3 is 2.82 bits per heavy atom. The van der Waals surface area contributed by atoms with Gasteiger partial charge < -0.3 is 5.32 Å². The Bertz CT molecular complexity index is 441. The highest BCUT2D eigenvalue weighted by atomic mass is 79.9. The Morgan fingerprint density at radius 1 is 1.41 bits per heavy atom. The number of hydrogen-bond acceptors (Lipinski definition) is 2. The average molecular weight is 360 g/mol. The molecule has 0 fully saturated rings. The lowest BCUT2D eigenvalue weighted by molar-refractivity contribution is -0.116. The van der Waals surface area contributed by atoms with E-state index >= 15 is 0 Å². The maximum absolute atomic E-state index is 11.6. The molecule has 1 N–H and O–H groups in total. The summed E-state index contributed by atoms with van der Waals surface area (Å²) in [4.78, 5) is 11.6. The molecule has 0 aliphatic rings. The monoisotopic (exact) mass is 358 g/mol. The first-order valence-electron chi connectivity index (χ1n) is 5.23. The predicted molar refractivity (Wildman–Crippen MR) is 75.1 cm³/mol. The van der Waals surface area contributed by atoms with Crippen molar-refractivity contribution in [2.75, 3.05) is 10.6 Å². The standard InChI is InChI=1S/C12H12Br2N2O/c13-6-2-1-3-12(17)16-11-7-10(14)5-4-9(11)8-15/h4-5,7H,1-3,6H2,(H,16,17). The van der Waals surface area contributed by atoms with Gasteiger partial charge in [0.05, 0.1) is 11.3 Å². The van der Waals surface area contributed by atoms with E-state index in [2.05, 4.69) is 43.2 Å². The first kappa shape index (κ1) is 14.2. The molecule has 0 atom stereocenters. The molecule has 0 saturated heterocycles. The average Bonchev–Trinajstić information content (AvgIpc) is 2.29. The number of halogens is 2. The third-order valence-corrected chi connectivity index (χ3v) is 3.22. The van der Waals surface area contributed by atoms with Gasteiger partial charge in [0, 0.05) is 16.2 Å². The van der Waals surface area contributed by atoms with E-state index in [1.165, 1.54) is 0 Å². The fraction of sp³-hybridized carbons (Fsp3) is 0.333. The van der Waals surface area contributed by atoms with Crippen LogP contribution in [0.2, 0.25) is 0 Å². The molecule has 1 amide bonds. The molecule has 90 valence electrons. The van der Waals surface area contributed by atoms with Crippen LogP contribution in [0.5, 0.6) is 0 Å². The summed E-state index contributed by atoms with van der Waals surface area (Å²) in [5, 5.41) is 12.6. The normalized spacial score (nSPS) is 9.71.